The molecule has 0 fully saturated rings. The van der Waals surface area contributed by atoms with Crippen LogP contribution in [0.4, 0.5) is 0 Å². The third-order valence-corrected chi connectivity index (χ3v) is 16.1. The minimum Gasteiger partial charge on any atom is -0.462 e. The highest BCUT2D eigenvalue weighted by Gasteiger charge is 2.27. The van der Waals surface area contributed by atoms with Crippen LogP contribution in [0.15, 0.2) is 97.2 Å². The number of carbonyl (C=O) groups is 2. The highest BCUT2D eigenvalue weighted by atomic mass is 31.2. The average Bonchev–Trinajstić information content (AvgIpc) is 3.61. The maximum Gasteiger partial charge on any atom is 0.472 e. The summed E-state index contributed by atoms with van der Waals surface area (Å²) >= 11 is 0. The van der Waals surface area contributed by atoms with Gasteiger partial charge in [-0.2, -0.15) is 0 Å². The van der Waals surface area contributed by atoms with E-state index in [1.807, 2.05) is 21.1 Å². The molecule has 1 N–H and O–H groups in total. The lowest BCUT2D eigenvalue weighted by Crippen LogP contribution is -2.37. The molecule has 84 heavy (non-hydrogen) atoms. The predicted octanol–water partition coefficient (Wildman–Crippen LogP) is 22.7. The maximum absolute atomic E-state index is 12.9. The molecule has 0 heterocycles. The first-order valence-corrected chi connectivity index (χ1v) is 36.5. The molecule has 0 aromatic carbocycles. The first-order valence-electron chi connectivity index (χ1n) is 35.0. The summed E-state index contributed by atoms with van der Waals surface area (Å²) in [7, 11) is 1.48. The number of quaternary nitrogens is 1. The normalized spacial score (nSPS) is 13.7. The fraction of sp³-hybridized carbons (Fsp3) is 0.757. The summed E-state index contributed by atoms with van der Waals surface area (Å²) in [4.78, 5) is 35.9. The summed E-state index contributed by atoms with van der Waals surface area (Å²) in [6.07, 6.45) is 89.4. The Balaban J connectivity index is 4.02. The molecule has 0 saturated carbocycles. The van der Waals surface area contributed by atoms with Crippen molar-refractivity contribution in [3.63, 3.8) is 0 Å². The number of nitrogens with zero attached hydrogens (tertiary/aromatic N) is 1. The van der Waals surface area contributed by atoms with Crippen LogP contribution in [0.3, 0.4) is 0 Å². The fourth-order valence-electron chi connectivity index (χ4n) is 9.83. The third-order valence-electron chi connectivity index (χ3n) is 15.1. The van der Waals surface area contributed by atoms with Crippen molar-refractivity contribution >= 4 is 19.8 Å². The zero-order chi connectivity index (χ0) is 61.2. The Morgan fingerprint density at radius 2 is 0.643 bits per heavy atom. The van der Waals surface area contributed by atoms with Gasteiger partial charge in [-0.1, -0.05) is 304 Å². The lowest BCUT2D eigenvalue weighted by Gasteiger charge is -2.24. The molecule has 2 atom stereocenters. The van der Waals surface area contributed by atoms with Crippen LogP contribution in [0.5, 0.6) is 0 Å². The molecular formula is C74H133NO8P+. The standard InChI is InChI=1S/C74H132NO8P/c1-6-8-10-12-14-16-18-20-22-24-26-28-30-32-34-36-37-39-41-43-45-47-49-51-53-55-57-59-61-63-65-67-74(77)83-72(71-82-84(78,79)81-69-68-75(3,4)5)70-80-73(76)66-64-62-60-58-56-54-52-50-48-46-44-42-40-38-35-33-31-29-27-25-23-21-19-17-15-13-11-9-7-2/h8-11,14-17,20-23,26-29,72H,6-7,12-13,18-19,24-25,30-71H2,1-5H3/p+1/b10-8-,11-9-,16-14-,17-15-,22-20-,23-21-,28-26-,29-27-. The van der Waals surface area contributed by atoms with Crippen LogP contribution in [-0.2, 0) is 32.7 Å². The van der Waals surface area contributed by atoms with Crippen molar-refractivity contribution in [2.75, 3.05) is 47.5 Å². The quantitative estimate of drug-likeness (QED) is 0.0211. The van der Waals surface area contributed by atoms with Crippen molar-refractivity contribution in [1.82, 2.24) is 0 Å². The maximum atomic E-state index is 12.9. The number of hydrogen-bond acceptors (Lipinski definition) is 7. The molecule has 0 aromatic rings. The average molecular weight is 1200 g/mol. The van der Waals surface area contributed by atoms with Gasteiger partial charge in [0, 0.05) is 12.8 Å². The SMILES string of the molecule is CC/C=C\C/C=C\C/C=C\C/C=C\CCCCCCCCCCCCCCCCCCCCC(=O)OC(COC(=O)CCCCCCCCCCCCCCCCCC/C=C\C/C=C\C/C=C\C/C=C\CC)COP(=O)(O)OCC[N+](C)(C)C. The van der Waals surface area contributed by atoms with E-state index in [0.29, 0.717) is 17.4 Å². The second kappa shape index (κ2) is 64.4. The van der Waals surface area contributed by atoms with Crippen LogP contribution >= 0.6 is 7.82 Å². The smallest absolute Gasteiger partial charge is 0.462 e. The monoisotopic (exact) mass is 1190 g/mol. The lowest BCUT2D eigenvalue weighted by atomic mass is 10.0. The molecule has 0 aromatic heterocycles. The van der Waals surface area contributed by atoms with Crippen LogP contribution in [0.2, 0.25) is 0 Å². The zero-order valence-electron chi connectivity index (χ0n) is 55.4. The van der Waals surface area contributed by atoms with E-state index in [0.717, 1.165) is 83.5 Å². The van der Waals surface area contributed by atoms with E-state index in [2.05, 4.69) is 111 Å². The first kappa shape index (κ1) is 80.9. The lowest BCUT2D eigenvalue weighted by molar-refractivity contribution is -0.870. The van der Waals surface area contributed by atoms with Crippen molar-refractivity contribution in [2.24, 2.45) is 0 Å². The molecule has 9 nitrogen and oxygen atoms in total. The molecule has 0 spiro atoms. The number of phosphoric acid groups is 1. The van der Waals surface area contributed by atoms with Gasteiger partial charge >= 0.3 is 19.8 Å². The molecule has 0 aliphatic carbocycles. The minimum absolute atomic E-state index is 0.0304. The molecule has 0 aliphatic rings. The van der Waals surface area contributed by atoms with Gasteiger partial charge in [0.05, 0.1) is 27.7 Å². The summed E-state index contributed by atoms with van der Waals surface area (Å²) in [5.41, 5.74) is 0. The van der Waals surface area contributed by atoms with Crippen LogP contribution in [0.25, 0.3) is 0 Å². The van der Waals surface area contributed by atoms with Gasteiger partial charge in [0.25, 0.3) is 0 Å². The summed E-state index contributed by atoms with van der Waals surface area (Å²) in [5.74, 6) is -0.787. The van der Waals surface area contributed by atoms with E-state index in [9.17, 15) is 19.0 Å². The van der Waals surface area contributed by atoms with E-state index in [4.69, 9.17) is 18.5 Å². The largest absolute Gasteiger partial charge is 0.472 e. The molecule has 0 radical (unpaired) electrons. The van der Waals surface area contributed by atoms with E-state index >= 15 is 0 Å². The summed E-state index contributed by atoms with van der Waals surface area (Å²) in [5, 5.41) is 0. The Bertz CT molecular complexity index is 1740. The number of esters is 2. The topological polar surface area (TPSA) is 108 Å². The molecule has 0 aliphatic heterocycles. The summed E-state index contributed by atoms with van der Waals surface area (Å²) < 4.78 is 34.7. The van der Waals surface area contributed by atoms with E-state index in [1.165, 1.54) is 193 Å². The van der Waals surface area contributed by atoms with Gasteiger partial charge in [0.1, 0.15) is 19.8 Å². The van der Waals surface area contributed by atoms with Gasteiger partial charge in [-0.05, 0) is 89.9 Å². The Morgan fingerprint density at radius 3 is 0.952 bits per heavy atom. The number of hydrogen-bond donors (Lipinski definition) is 1. The number of rotatable bonds is 64. The predicted molar refractivity (Wildman–Crippen MR) is 362 cm³/mol. The molecule has 0 bridgehead atoms. The molecule has 0 amide bonds. The van der Waals surface area contributed by atoms with Gasteiger partial charge < -0.3 is 18.9 Å². The van der Waals surface area contributed by atoms with Crippen LogP contribution in [0, 0.1) is 0 Å². The second-order valence-corrected chi connectivity index (χ2v) is 26.0. The Kier molecular flexibility index (Phi) is 62.1. The van der Waals surface area contributed by atoms with Gasteiger partial charge in [0.15, 0.2) is 6.10 Å². The van der Waals surface area contributed by atoms with Crippen LogP contribution < -0.4 is 0 Å². The molecule has 486 valence electrons. The number of allylic oxidation sites excluding steroid dienone is 16. The van der Waals surface area contributed by atoms with Gasteiger partial charge in [-0.25, -0.2) is 4.57 Å². The van der Waals surface area contributed by atoms with Crippen molar-refractivity contribution in [3.8, 4) is 0 Å². The number of ether oxygens (including phenoxy) is 2. The van der Waals surface area contributed by atoms with Crippen molar-refractivity contribution in [2.45, 2.75) is 315 Å². The van der Waals surface area contributed by atoms with Gasteiger partial charge in [0.2, 0.25) is 0 Å². The Hall–Kier alpha value is -3.07. The van der Waals surface area contributed by atoms with E-state index in [1.54, 1.807) is 0 Å². The van der Waals surface area contributed by atoms with Crippen LogP contribution in [-0.4, -0.2) is 74.9 Å². The summed E-state index contributed by atoms with van der Waals surface area (Å²) in [6.45, 7) is 4.25. The fourth-order valence-corrected chi connectivity index (χ4v) is 10.6. The Morgan fingerprint density at radius 1 is 0.369 bits per heavy atom. The van der Waals surface area contributed by atoms with E-state index in [-0.39, 0.29) is 32.0 Å². The molecular weight excluding hydrogens is 1060 g/mol. The number of phosphoric ester groups is 1. The number of likely N-dealkylation sites (N-methyl/N-ethyl adjacent to an activating group) is 1. The molecule has 0 rings (SSSR count). The molecule has 2 unspecified atom stereocenters. The van der Waals surface area contributed by atoms with Crippen molar-refractivity contribution in [3.05, 3.63) is 97.2 Å². The summed E-state index contributed by atoms with van der Waals surface area (Å²) in [6, 6.07) is 0. The third kappa shape index (κ3) is 68.0. The highest BCUT2D eigenvalue weighted by molar-refractivity contribution is 7.47. The Labute approximate surface area is 519 Å². The second-order valence-electron chi connectivity index (χ2n) is 24.5. The minimum atomic E-state index is -4.39. The van der Waals surface area contributed by atoms with E-state index < -0.39 is 26.5 Å². The van der Waals surface area contributed by atoms with Crippen LogP contribution in [0.1, 0.15) is 309 Å². The first-order chi connectivity index (χ1) is 41.0. The van der Waals surface area contributed by atoms with Crippen molar-refractivity contribution < 1.29 is 42.1 Å². The van der Waals surface area contributed by atoms with Crippen molar-refractivity contribution in [1.29, 1.82) is 0 Å². The van der Waals surface area contributed by atoms with Gasteiger partial charge in [-0.3, -0.25) is 18.6 Å². The molecule has 10 heteroatoms. The number of carbonyl (C=O) groups excluding carboxylic acids is 2. The number of unbranched alkanes of at least 4 members (excludes halogenated alkanes) is 34. The molecule has 0 saturated heterocycles. The van der Waals surface area contributed by atoms with Gasteiger partial charge in [-0.15, -0.1) is 0 Å². The highest BCUT2D eigenvalue weighted by Crippen LogP contribution is 2.43. The zero-order valence-corrected chi connectivity index (χ0v) is 56.3.